The summed E-state index contributed by atoms with van der Waals surface area (Å²) in [5.74, 6) is 1.07. The molecule has 0 spiro atoms. The summed E-state index contributed by atoms with van der Waals surface area (Å²) in [6.45, 7) is 12.9. The number of aromatic nitrogens is 2. The van der Waals surface area contributed by atoms with E-state index in [0.29, 0.717) is 11.8 Å². The highest BCUT2D eigenvalue weighted by Crippen LogP contribution is 2.52. The number of hydrogen-bond acceptors (Lipinski definition) is 4. The van der Waals surface area contributed by atoms with Crippen LogP contribution < -0.4 is 0 Å². The Labute approximate surface area is 375 Å². The van der Waals surface area contributed by atoms with Crippen LogP contribution in [-0.4, -0.2) is 9.97 Å². The summed E-state index contributed by atoms with van der Waals surface area (Å²) < 4.78 is 13.7. The molecule has 4 heteroatoms. The van der Waals surface area contributed by atoms with Gasteiger partial charge in [0.15, 0.2) is 11.2 Å². The Kier molecular flexibility index (Phi) is 7.92. The molecule has 0 bridgehead atoms. The van der Waals surface area contributed by atoms with E-state index in [0.717, 1.165) is 110 Å². The summed E-state index contributed by atoms with van der Waals surface area (Å²) in [6.07, 6.45) is 3.89. The van der Waals surface area contributed by atoms with Crippen LogP contribution in [0.1, 0.15) is 36.1 Å². The Balaban J connectivity index is 1.01. The number of fused-ring (bicyclic) bond motifs is 15. The predicted octanol–water partition coefficient (Wildman–Crippen LogP) is 16.8. The van der Waals surface area contributed by atoms with Crippen molar-refractivity contribution in [3.63, 3.8) is 0 Å². The Bertz CT molecular complexity index is 3710. The lowest BCUT2D eigenvalue weighted by Gasteiger charge is -2.22. The van der Waals surface area contributed by atoms with Crippen LogP contribution in [-0.2, 0) is 5.41 Å². The molecule has 0 saturated carbocycles. The summed E-state index contributed by atoms with van der Waals surface area (Å²) in [4.78, 5) is 10.6. The number of hydrogen-bond donors (Lipinski definition) is 0. The molecule has 0 unspecified atom stereocenters. The molecular weight excluding hydrogens is 793 g/mol. The van der Waals surface area contributed by atoms with Crippen LogP contribution in [0.5, 0.6) is 0 Å². The van der Waals surface area contributed by atoms with Gasteiger partial charge in [0, 0.05) is 38.1 Å². The van der Waals surface area contributed by atoms with Crippen molar-refractivity contribution in [3.05, 3.63) is 205 Å². The molecular formula is C61H40N2O2. The third-order valence-corrected chi connectivity index (χ3v) is 13.8. The van der Waals surface area contributed by atoms with Gasteiger partial charge in [-0.25, -0.2) is 9.97 Å². The molecule has 0 radical (unpaired) electrons. The van der Waals surface area contributed by atoms with Crippen molar-refractivity contribution in [2.45, 2.75) is 19.3 Å². The van der Waals surface area contributed by atoms with Crippen molar-refractivity contribution in [2.24, 2.45) is 0 Å². The van der Waals surface area contributed by atoms with E-state index in [4.69, 9.17) is 18.8 Å². The average Bonchev–Trinajstić information content (AvgIpc) is 4.08. The molecule has 1 aliphatic rings. The maximum Gasteiger partial charge on any atom is 0.227 e. The zero-order valence-electron chi connectivity index (χ0n) is 35.9. The molecule has 0 saturated heterocycles. The van der Waals surface area contributed by atoms with Gasteiger partial charge >= 0.3 is 0 Å². The summed E-state index contributed by atoms with van der Waals surface area (Å²) in [5.41, 5.74) is 16.4. The van der Waals surface area contributed by atoms with Crippen LogP contribution in [0.4, 0.5) is 0 Å². The summed E-state index contributed by atoms with van der Waals surface area (Å²) in [6, 6.07) is 60.3. The fraction of sp³-hybridized carbons (Fsp3) is 0.0492. The Morgan fingerprint density at radius 1 is 0.415 bits per heavy atom. The molecule has 0 atom stereocenters. The molecule has 0 aliphatic heterocycles. The molecule has 4 nitrogen and oxygen atoms in total. The number of nitrogens with zero attached hydrogens (tertiary/aromatic N) is 2. The van der Waals surface area contributed by atoms with Crippen LogP contribution in [0.25, 0.3) is 134 Å². The van der Waals surface area contributed by atoms with Crippen molar-refractivity contribution in [1.29, 1.82) is 0 Å². The summed E-state index contributed by atoms with van der Waals surface area (Å²) in [5, 5.41) is 8.74. The molecule has 306 valence electrons. The molecule has 2 aromatic heterocycles. The normalized spacial score (nSPS) is 13.0. The largest absolute Gasteiger partial charge is 0.435 e. The van der Waals surface area contributed by atoms with E-state index in [9.17, 15) is 0 Å². The van der Waals surface area contributed by atoms with Crippen LogP contribution in [0.15, 0.2) is 192 Å². The molecule has 0 N–H and O–H groups in total. The van der Waals surface area contributed by atoms with Gasteiger partial charge in [-0.05, 0) is 108 Å². The third-order valence-electron chi connectivity index (χ3n) is 13.8. The smallest absolute Gasteiger partial charge is 0.227 e. The topological polar surface area (TPSA) is 52.1 Å². The highest BCUT2D eigenvalue weighted by atomic mass is 16.4. The lowest BCUT2D eigenvalue weighted by Crippen LogP contribution is -2.15. The first-order valence-corrected chi connectivity index (χ1v) is 22.1. The van der Waals surface area contributed by atoms with Gasteiger partial charge < -0.3 is 8.83 Å². The minimum atomic E-state index is -0.189. The minimum Gasteiger partial charge on any atom is -0.435 e. The SMILES string of the molecule is C=Cc1ccc2c(c1C=C)-c1ccc(-c3cccc(-c4cc(-c5nc6c7ccccc7c7ccccc7c6o5)cc(-c5nc6c7ccccc7c7ccccc7c6o5)c4)c3)cc1C2(C)C. The molecule has 13 rings (SSSR count). The van der Waals surface area contributed by atoms with E-state index >= 15 is 0 Å². The van der Waals surface area contributed by atoms with Crippen molar-refractivity contribution in [2.75, 3.05) is 0 Å². The molecule has 0 amide bonds. The average molecular weight is 833 g/mol. The number of rotatable bonds is 6. The third kappa shape index (κ3) is 5.44. The lowest BCUT2D eigenvalue weighted by molar-refractivity contribution is 0.620. The van der Waals surface area contributed by atoms with E-state index in [1.807, 2.05) is 12.2 Å². The summed E-state index contributed by atoms with van der Waals surface area (Å²) >= 11 is 0. The maximum atomic E-state index is 6.87. The van der Waals surface area contributed by atoms with Crippen molar-refractivity contribution >= 4 is 77.4 Å². The minimum absolute atomic E-state index is 0.189. The van der Waals surface area contributed by atoms with E-state index in [1.54, 1.807) is 0 Å². The van der Waals surface area contributed by atoms with E-state index in [-0.39, 0.29) is 5.41 Å². The van der Waals surface area contributed by atoms with Crippen LogP contribution in [0.2, 0.25) is 0 Å². The van der Waals surface area contributed by atoms with Crippen LogP contribution in [0, 0.1) is 0 Å². The Morgan fingerprint density at radius 2 is 0.877 bits per heavy atom. The van der Waals surface area contributed by atoms with Crippen LogP contribution in [0.3, 0.4) is 0 Å². The van der Waals surface area contributed by atoms with Gasteiger partial charge in [-0.2, -0.15) is 0 Å². The van der Waals surface area contributed by atoms with Gasteiger partial charge in [0.05, 0.1) is 0 Å². The van der Waals surface area contributed by atoms with E-state index in [1.165, 1.54) is 22.3 Å². The molecule has 10 aromatic carbocycles. The second kappa shape index (κ2) is 13.8. The first-order chi connectivity index (χ1) is 31.9. The van der Waals surface area contributed by atoms with Crippen molar-refractivity contribution in [1.82, 2.24) is 9.97 Å². The first-order valence-electron chi connectivity index (χ1n) is 22.1. The highest BCUT2D eigenvalue weighted by Gasteiger charge is 2.37. The monoisotopic (exact) mass is 832 g/mol. The molecule has 12 aromatic rings. The molecule has 0 fully saturated rings. The second-order valence-electron chi connectivity index (χ2n) is 17.7. The van der Waals surface area contributed by atoms with Gasteiger partial charge in [-0.15, -0.1) is 0 Å². The van der Waals surface area contributed by atoms with Crippen molar-refractivity contribution < 1.29 is 8.83 Å². The van der Waals surface area contributed by atoms with E-state index in [2.05, 4.69) is 197 Å². The zero-order chi connectivity index (χ0) is 43.6. The second-order valence-corrected chi connectivity index (χ2v) is 17.7. The fourth-order valence-corrected chi connectivity index (χ4v) is 10.7. The predicted molar refractivity (Wildman–Crippen MR) is 271 cm³/mol. The van der Waals surface area contributed by atoms with Crippen molar-refractivity contribution in [3.8, 4) is 56.3 Å². The zero-order valence-corrected chi connectivity index (χ0v) is 35.9. The maximum absolute atomic E-state index is 6.87. The number of oxazole rings is 2. The Morgan fingerprint density at radius 3 is 1.42 bits per heavy atom. The molecule has 2 heterocycles. The van der Waals surface area contributed by atoms with Gasteiger partial charge in [-0.1, -0.05) is 179 Å². The number of benzene rings is 10. The van der Waals surface area contributed by atoms with Gasteiger partial charge in [0.2, 0.25) is 11.8 Å². The quantitative estimate of drug-likeness (QED) is 0.157. The molecule has 65 heavy (non-hydrogen) atoms. The van der Waals surface area contributed by atoms with E-state index < -0.39 is 0 Å². The first kappa shape index (κ1) is 37.2. The molecule has 1 aliphatic carbocycles. The van der Waals surface area contributed by atoms with Gasteiger partial charge in [0.1, 0.15) is 11.0 Å². The standard InChI is InChI=1S/C61H40N2O2/c1-5-35-27-29-52-54(42(35)6-2)51-28-26-38(34-53(51)61(52,3)4)36-16-15-17-37(30-36)39-31-40(59-62-55-47-22-11-7-18-43(47)45-20-9-13-24-49(45)57(55)64-59)33-41(32-39)60-63-56-48-23-12-8-19-44(48)46-21-10-14-25-50(46)58(56)65-60/h5-34H,1-2H2,3-4H3. The Hall–Kier alpha value is -8.34. The van der Waals surface area contributed by atoms with Crippen LogP contribution >= 0.6 is 0 Å². The van der Waals surface area contributed by atoms with Gasteiger partial charge in [-0.3, -0.25) is 0 Å². The highest BCUT2D eigenvalue weighted by molar-refractivity contribution is 6.24. The van der Waals surface area contributed by atoms with Gasteiger partial charge in [0.25, 0.3) is 0 Å². The lowest BCUT2D eigenvalue weighted by atomic mass is 9.81. The fourth-order valence-electron chi connectivity index (χ4n) is 10.7. The summed E-state index contributed by atoms with van der Waals surface area (Å²) in [7, 11) is 0.